The van der Waals surface area contributed by atoms with Crippen molar-refractivity contribution < 1.29 is 9.59 Å². The molecule has 0 saturated carbocycles. The minimum Gasteiger partial charge on any atom is -0.399 e. The first kappa shape index (κ1) is 14.0. The molecular formula is C13H19N3O2. The van der Waals surface area contributed by atoms with Crippen molar-refractivity contribution in [2.24, 2.45) is 0 Å². The lowest BCUT2D eigenvalue weighted by Crippen LogP contribution is -2.45. The quantitative estimate of drug-likeness (QED) is 0.678. The number of nitrogen functional groups attached to an aromatic ring is 1. The number of nitrogens with one attached hydrogen (secondary N) is 2. The molecule has 0 bridgehead atoms. The summed E-state index contributed by atoms with van der Waals surface area (Å²) in [5.74, 6) is -0.490. The average Bonchev–Trinajstić information content (AvgIpc) is 2.35. The van der Waals surface area contributed by atoms with Gasteiger partial charge < -0.3 is 16.4 Å². The Morgan fingerprint density at radius 2 is 2.11 bits per heavy atom. The standard InChI is InChI=1S/C13H19N3O2/c1-3-7-15-12(17)9(2)16-13(18)10-5-4-6-11(14)8-10/h4-6,8-9H,3,7,14H2,1-2H3,(H,15,17)(H,16,18). The van der Waals surface area contributed by atoms with Crippen molar-refractivity contribution in [2.45, 2.75) is 26.3 Å². The van der Waals surface area contributed by atoms with E-state index in [0.29, 0.717) is 17.8 Å². The van der Waals surface area contributed by atoms with Gasteiger partial charge in [-0.25, -0.2) is 0 Å². The third kappa shape index (κ3) is 4.08. The number of benzene rings is 1. The van der Waals surface area contributed by atoms with E-state index >= 15 is 0 Å². The number of carbonyl (C=O) groups excluding carboxylic acids is 2. The third-order valence-electron chi connectivity index (χ3n) is 2.44. The number of nitrogens with two attached hydrogens (primary N) is 1. The van der Waals surface area contributed by atoms with Gasteiger partial charge in [-0.1, -0.05) is 13.0 Å². The average molecular weight is 249 g/mol. The molecule has 0 aliphatic heterocycles. The Balaban J connectivity index is 2.56. The summed E-state index contributed by atoms with van der Waals surface area (Å²) in [5.41, 5.74) is 6.56. The Bertz CT molecular complexity index is 432. The summed E-state index contributed by atoms with van der Waals surface area (Å²) in [7, 11) is 0. The van der Waals surface area contributed by atoms with Crippen LogP contribution < -0.4 is 16.4 Å². The lowest BCUT2D eigenvalue weighted by molar-refractivity contribution is -0.122. The van der Waals surface area contributed by atoms with Crippen molar-refractivity contribution in [1.82, 2.24) is 10.6 Å². The molecule has 0 aliphatic carbocycles. The van der Waals surface area contributed by atoms with Gasteiger partial charge >= 0.3 is 0 Å². The molecule has 1 aromatic rings. The van der Waals surface area contributed by atoms with Crippen molar-refractivity contribution >= 4 is 17.5 Å². The fourth-order valence-electron chi connectivity index (χ4n) is 1.43. The van der Waals surface area contributed by atoms with Gasteiger partial charge in [-0.2, -0.15) is 0 Å². The SMILES string of the molecule is CCCNC(=O)C(C)NC(=O)c1cccc(N)c1. The first-order chi connectivity index (χ1) is 8.54. The molecule has 98 valence electrons. The molecule has 4 N–H and O–H groups in total. The lowest BCUT2D eigenvalue weighted by atomic mass is 10.2. The second kappa shape index (κ2) is 6.64. The van der Waals surface area contributed by atoms with E-state index in [-0.39, 0.29) is 11.8 Å². The van der Waals surface area contributed by atoms with E-state index < -0.39 is 6.04 Å². The van der Waals surface area contributed by atoms with Crippen LogP contribution in [-0.4, -0.2) is 24.4 Å². The first-order valence-electron chi connectivity index (χ1n) is 5.98. The monoisotopic (exact) mass is 249 g/mol. The van der Waals surface area contributed by atoms with Crippen molar-refractivity contribution in [1.29, 1.82) is 0 Å². The highest BCUT2D eigenvalue weighted by molar-refractivity contribution is 5.98. The summed E-state index contributed by atoms with van der Waals surface area (Å²) in [6.45, 7) is 4.22. The largest absolute Gasteiger partial charge is 0.399 e. The molecule has 0 fully saturated rings. The molecule has 0 saturated heterocycles. The maximum atomic E-state index is 11.8. The van der Waals surface area contributed by atoms with Crippen LogP contribution in [0.5, 0.6) is 0 Å². The normalized spacial score (nSPS) is 11.7. The molecule has 18 heavy (non-hydrogen) atoms. The van der Waals surface area contributed by atoms with E-state index in [2.05, 4.69) is 10.6 Å². The summed E-state index contributed by atoms with van der Waals surface area (Å²) < 4.78 is 0. The van der Waals surface area contributed by atoms with Gasteiger partial charge in [0.1, 0.15) is 6.04 Å². The highest BCUT2D eigenvalue weighted by atomic mass is 16.2. The van der Waals surface area contributed by atoms with Crippen molar-refractivity contribution in [3.8, 4) is 0 Å². The van der Waals surface area contributed by atoms with Gasteiger partial charge in [0, 0.05) is 17.8 Å². The minimum atomic E-state index is -0.564. The molecule has 1 rings (SSSR count). The van der Waals surface area contributed by atoms with E-state index in [9.17, 15) is 9.59 Å². The number of carbonyl (C=O) groups is 2. The minimum absolute atomic E-state index is 0.186. The van der Waals surface area contributed by atoms with Crippen LogP contribution in [-0.2, 0) is 4.79 Å². The van der Waals surface area contributed by atoms with Crippen LogP contribution in [0.15, 0.2) is 24.3 Å². The number of hydrogen-bond donors (Lipinski definition) is 3. The van der Waals surface area contributed by atoms with Crippen LogP contribution in [0.2, 0.25) is 0 Å². The Hall–Kier alpha value is -2.04. The van der Waals surface area contributed by atoms with Crippen LogP contribution in [0, 0.1) is 0 Å². The predicted octanol–water partition coefficient (Wildman–Crippen LogP) is 0.913. The zero-order chi connectivity index (χ0) is 13.5. The summed E-state index contributed by atoms with van der Waals surface area (Å²) in [6, 6.07) is 6.07. The fraction of sp³-hybridized carbons (Fsp3) is 0.385. The van der Waals surface area contributed by atoms with Crippen LogP contribution in [0.3, 0.4) is 0 Å². The molecule has 5 nitrogen and oxygen atoms in total. The Morgan fingerprint density at radius 3 is 2.72 bits per heavy atom. The third-order valence-corrected chi connectivity index (χ3v) is 2.44. The highest BCUT2D eigenvalue weighted by Gasteiger charge is 2.15. The van der Waals surface area contributed by atoms with E-state index in [1.807, 2.05) is 6.92 Å². The second-order valence-corrected chi connectivity index (χ2v) is 4.11. The number of hydrogen-bond acceptors (Lipinski definition) is 3. The van der Waals surface area contributed by atoms with E-state index in [0.717, 1.165) is 6.42 Å². The number of anilines is 1. The molecular weight excluding hydrogens is 230 g/mol. The molecule has 2 amide bonds. The molecule has 0 aliphatic rings. The molecule has 1 aromatic carbocycles. The number of amides is 2. The fourth-order valence-corrected chi connectivity index (χ4v) is 1.43. The molecule has 0 aromatic heterocycles. The van der Waals surface area contributed by atoms with Gasteiger partial charge in [-0.05, 0) is 31.5 Å². The van der Waals surface area contributed by atoms with Gasteiger partial charge in [0.05, 0.1) is 0 Å². The zero-order valence-electron chi connectivity index (χ0n) is 10.7. The van der Waals surface area contributed by atoms with Crippen molar-refractivity contribution in [3.63, 3.8) is 0 Å². The predicted molar refractivity (Wildman–Crippen MR) is 71.1 cm³/mol. The molecule has 0 heterocycles. The Morgan fingerprint density at radius 1 is 1.39 bits per heavy atom. The Kier molecular flexibility index (Phi) is 5.17. The van der Waals surface area contributed by atoms with Crippen LogP contribution in [0.25, 0.3) is 0 Å². The Labute approximate surface area is 107 Å². The van der Waals surface area contributed by atoms with E-state index in [1.54, 1.807) is 31.2 Å². The lowest BCUT2D eigenvalue weighted by Gasteiger charge is -2.13. The summed E-state index contributed by atoms with van der Waals surface area (Å²) in [4.78, 5) is 23.4. The molecule has 5 heteroatoms. The van der Waals surface area contributed by atoms with E-state index in [4.69, 9.17) is 5.73 Å². The molecule has 0 spiro atoms. The van der Waals surface area contributed by atoms with Gasteiger partial charge in [-0.15, -0.1) is 0 Å². The number of rotatable bonds is 5. The zero-order valence-corrected chi connectivity index (χ0v) is 10.7. The molecule has 1 atom stereocenters. The molecule has 1 unspecified atom stereocenters. The summed E-state index contributed by atoms with van der Waals surface area (Å²) in [6.07, 6.45) is 0.863. The van der Waals surface area contributed by atoms with Gasteiger partial charge in [-0.3, -0.25) is 9.59 Å². The van der Waals surface area contributed by atoms with Crippen molar-refractivity contribution in [2.75, 3.05) is 12.3 Å². The first-order valence-corrected chi connectivity index (χ1v) is 5.98. The van der Waals surface area contributed by atoms with Crippen LogP contribution in [0.1, 0.15) is 30.6 Å². The maximum Gasteiger partial charge on any atom is 0.251 e. The van der Waals surface area contributed by atoms with Crippen LogP contribution >= 0.6 is 0 Å². The highest BCUT2D eigenvalue weighted by Crippen LogP contribution is 2.06. The van der Waals surface area contributed by atoms with Gasteiger partial charge in [0.2, 0.25) is 5.91 Å². The van der Waals surface area contributed by atoms with Gasteiger partial charge in [0.25, 0.3) is 5.91 Å². The molecule has 0 radical (unpaired) electrons. The topological polar surface area (TPSA) is 84.2 Å². The van der Waals surface area contributed by atoms with Gasteiger partial charge in [0.15, 0.2) is 0 Å². The smallest absolute Gasteiger partial charge is 0.251 e. The maximum absolute atomic E-state index is 11.8. The summed E-state index contributed by atoms with van der Waals surface area (Å²) in [5, 5.41) is 5.35. The van der Waals surface area contributed by atoms with Crippen LogP contribution in [0.4, 0.5) is 5.69 Å². The summed E-state index contributed by atoms with van der Waals surface area (Å²) >= 11 is 0. The van der Waals surface area contributed by atoms with E-state index in [1.165, 1.54) is 0 Å². The van der Waals surface area contributed by atoms with Crippen molar-refractivity contribution in [3.05, 3.63) is 29.8 Å². The second-order valence-electron chi connectivity index (χ2n) is 4.11.